The second-order valence-electron chi connectivity index (χ2n) is 4.83. The number of likely N-dealkylation sites (tertiary alicyclic amines) is 1. The predicted octanol–water partition coefficient (Wildman–Crippen LogP) is 0.878. The number of aliphatic hydroxyl groups excluding tert-OH is 1. The number of hydrogen-bond acceptors (Lipinski definition) is 4. The fourth-order valence-corrected chi connectivity index (χ4v) is 2.21. The minimum absolute atomic E-state index is 0.0119. The number of carbonyl (C=O) groups excluding carboxylic acids is 1. The summed E-state index contributed by atoms with van der Waals surface area (Å²) in [6.07, 6.45) is 1.71. The number of nitrogen functional groups attached to an aromatic ring is 1. The van der Waals surface area contributed by atoms with Crippen LogP contribution in [0.3, 0.4) is 0 Å². The first kappa shape index (κ1) is 13.7. The lowest BCUT2D eigenvalue weighted by atomic mass is 9.98. The quantitative estimate of drug-likeness (QED) is 0.792. The van der Waals surface area contributed by atoms with Crippen LogP contribution >= 0.6 is 0 Å². The molecule has 0 atom stereocenters. The van der Waals surface area contributed by atoms with Gasteiger partial charge >= 0.3 is 0 Å². The van der Waals surface area contributed by atoms with E-state index < -0.39 is 0 Å². The van der Waals surface area contributed by atoms with Gasteiger partial charge in [0.05, 0.1) is 5.69 Å². The van der Waals surface area contributed by atoms with E-state index in [1.807, 2.05) is 12.1 Å². The summed E-state index contributed by atoms with van der Waals surface area (Å²) in [6, 6.07) is 7.14. The van der Waals surface area contributed by atoms with Gasteiger partial charge in [0.25, 0.3) is 5.91 Å². The smallest absolute Gasteiger partial charge is 0.260 e. The largest absolute Gasteiger partial charge is 0.482 e. The molecule has 1 aliphatic rings. The van der Waals surface area contributed by atoms with E-state index in [-0.39, 0.29) is 19.1 Å². The van der Waals surface area contributed by atoms with Gasteiger partial charge in [0.1, 0.15) is 5.75 Å². The van der Waals surface area contributed by atoms with Crippen molar-refractivity contribution in [3.05, 3.63) is 24.3 Å². The van der Waals surface area contributed by atoms with E-state index in [0.29, 0.717) is 30.4 Å². The molecule has 1 aromatic rings. The monoisotopic (exact) mass is 264 g/mol. The van der Waals surface area contributed by atoms with Crippen molar-refractivity contribution in [2.45, 2.75) is 12.8 Å². The van der Waals surface area contributed by atoms with Crippen molar-refractivity contribution in [2.24, 2.45) is 5.92 Å². The Morgan fingerprint density at radius 3 is 2.68 bits per heavy atom. The highest BCUT2D eigenvalue weighted by molar-refractivity contribution is 5.78. The Labute approximate surface area is 113 Å². The molecule has 0 aliphatic carbocycles. The van der Waals surface area contributed by atoms with Crippen molar-refractivity contribution in [2.75, 3.05) is 32.0 Å². The van der Waals surface area contributed by atoms with Gasteiger partial charge in [0.2, 0.25) is 0 Å². The summed E-state index contributed by atoms with van der Waals surface area (Å²) in [4.78, 5) is 13.8. The molecule has 1 amide bonds. The van der Waals surface area contributed by atoms with Gasteiger partial charge in [-0.1, -0.05) is 12.1 Å². The number of anilines is 1. The van der Waals surface area contributed by atoms with Crippen LogP contribution in [-0.2, 0) is 4.79 Å². The van der Waals surface area contributed by atoms with Crippen LogP contribution < -0.4 is 10.5 Å². The van der Waals surface area contributed by atoms with E-state index >= 15 is 0 Å². The highest BCUT2D eigenvalue weighted by Gasteiger charge is 2.22. The second-order valence-corrected chi connectivity index (χ2v) is 4.83. The number of rotatable bonds is 4. The summed E-state index contributed by atoms with van der Waals surface area (Å²) in [5.41, 5.74) is 6.28. The number of hydrogen-bond donors (Lipinski definition) is 2. The molecular weight excluding hydrogens is 244 g/mol. The Bertz CT molecular complexity index is 428. The number of para-hydroxylation sites is 2. The first-order chi connectivity index (χ1) is 9.20. The van der Waals surface area contributed by atoms with Crippen LogP contribution in [0, 0.1) is 5.92 Å². The first-order valence-corrected chi connectivity index (χ1v) is 6.56. The lowest BCUT2D eigenvalue weighted by Gasteiger charge is -2.31. The van der Waals surface area contributed by atoms with Crippen LogP contribution in [0.1, 0.15) is 12.8 Å². The minimum Gasteiger partial charge on any atom is -0.482 e. The van der Waals surface area contributed by atoms with Crippen molar-refractivity contribution in [1.82, 2.24) is 4.90 Å². The number of amides is 1. The highest BCUT2D eigenvalue weighted by Crippen LogP contribution is 2.20. The molecule has 2 rings (SSSR count). The molecule has 0 unspecified atom stereocenters. The zero-order valence-corrected chi connectivity index (χ0v) is 10.9. The molecule has 19 heavy (non-hydrogen) atoms. The molecule has 1 aliphatic heterocycles. The van der Waals surface area contributed by atoms with Crippen LogP contribution in [0.25, 0.3) is 0 Å². The van der Waals surface area contributed by atoms with Crippen molar-refractivity contribution in [3.8, 4) is 5.75 Å². The third-order valence-electron chi connectivity index (χ3n) is 3.50. The van der Waals surface area contributed by atoms with Crippen molar-refractivity contribution < 1.29 is 14.6 Å². The second kappa shape index (κ2) is 6.43. The van der Waals surface area contributed by atoms with Crippen LogP contribution in [0.15, 0.2) is 24.3 Å². The molecule has 5 nitrogen and oxygen atoms in total. The Balaban J connectivity index is 1.81. The zero-order chi connectivity index (χ0) is 13.7. The van der Waals surface area contributed by atoms with E-state index in [2.05, 4.69) is 0 Å². The van der Waals surface area contributed by atoms with E-state index in [1.165, 1.54) is 0 Å². The Hall–Kier alpha value is -1.75. The summed E-state index contributed by atoms with van der Waals surface area (Å²) >= 11 is 0. The summed E-state index contributed by atoms with van der Waals surface area (Å²) < 4.78 is 5.44. The fourth-order valence-electron chi connectivity index (χ4n) is 2.21. The maximum atomic E-state index is 12.0. The molecule has 0 bridgehead atoms. The number of piperidine rings is 1. The molecule has 0 aromatic heterocycles. The molecule has 3 N–H and O–H groups in total. The number of nitrogens with two attached hydrogens (primary N) is 1. The molecule has 1 aromatic carbocycles. The Morgan fingerprint density at radius 1 is 1.37 bits per heavy atom. The average Bonchev–Trinajstić information content (AvgIpc) is 2.46. The van der Waals surface area contributed by atoms with Gasteiger partial charge in [-0.3, -0.25) is 4.79 Å². The molecule has 1 heterocycles. The average molecular weight is 264 g/mol. The fraction of sp³-hybridized carbons (Fsp3) is 0.500. The number of ether oxygens (including phenoxy) is 1. The van der Waals surface area contributed by atoms with E-state index in [9.17, 15) is 4.79 Å². The van der Waals surface area contributed by atoms with Crippen LogP contribution in [0.2, 0.25) is 0 Å². The molecule has 0 radical (unpaired) electrons. The predicted molar refractivity (Wildman–Crippen MR) is 72.7 cm³/mol. The van der Waals surface area contributed by atoms with Crippen molar-refractivity contribution in [1.29, 1.82) is 0 Å². The Morgan fingerprint density at radius 2 is 2.05 bits per heavy atom. The number of aliphatic hydroxyl groups is 1. The van der Waals surface area contributed by atoms with Crippen LogP contribution in [0.5, 0.6) is 5.75 Å². The van der Waals surface area contributed by atoms with Crippen LogP contribution in [-0.4, -0.2) is 42.2 Å². The maximum absolute atomic E-state index is 12.0. The van der Waals surface area contributed by atoms with E-state index in [4.69, 9.17) is 15.6 Å². The summed E-state index contributed by atoms with van der Waals surface area (Å²) in [5, 5.41) is 9.06. The third-order valence-corrected chi connectivity index (χ3v) is 3.50. The molecule has 1 fully saturated rings. The first-order valence-electron chi connectivity index (χ1n) is 6.56. The molecule has 5 heteroatoms. The Kier molecular flexibility index (Phi) is 4.63. The van der Waals surface area contributed by atoms with Crippen molar-refractivity contribution in [3.63, 3.8) is 0 Å². The zero-order valence-electron chi connectivity index (χ0n) is 10.9. The van der Waals surface area contributed by atoms with Crippen LogP contribution in [0.4, 0.5) is 5.69 Å². The number of carbonyl (C=O) groups is 1. The lowest BCUT2D eigenvalue weighted by Crippen LogP contribution is -2.41. The normalized spacial score (nSPS) is 16.4. The van der Waals surface area contributed by atoms with Gasteiger partial charge in [0, 0.05) is 19.7 Å². The highest BCUT2D eigenvalue weighted by atomic mass is 16.5. The molecule has 0 spiro atoms. The number of benzene rings is 1. The SMILES string of the molecule is Nc1ccccc1OCC(=O)N1CCC(CO)CC1. The molecule has 0 saturated carbocycles. The molecule has 104 valence electrons. The van der Waals surface area contributed by atoms with E-state index in [1.54, 1.807) is 17.0 Å². The van der Waals surface area contributed by atoms with Crippen molar-refractivity contribution >= 4 is 11.6 Å². The summed E-state index contributed by atoms with van der Waals surface area (Å²) in [5.74, 6) is 0.843. The van der Waals surface area contributed by atoms with Gasteiger partial charge in [-0.25, -0.2) is 0 Å². The van der Waals surface area contributed by atoms with Gasteiger partial charge in [-0.2, -0.15) is 0 Å². The minimum atomic E-state index is -0.0281. The maximum Gasteiger partial charge on any atom is 0.260 e. The van der Waals surface area contributed by atoms with E-state index in [0.717, 1.165) is 12.8 Å². The standard InChI is InChI=1S/C14H20N2O3/c15-12-3-1-2-4-13(12)19-10-14(18)16-7-5-11(9-17)6-8-16/h1-4,11,17H,5-10,15H2. The van der Waals surface area contributed by atoms with Gasteiger partial charge in [-0.05, 0) is 30.9 Å². The summed E-state index contributed by atoms with van der Waals surface area (Å²) in [7, 11) is 0. The topological polar surface area (TPSA) is 75.8 Å². The lowest BCUT2D eigenvalue weighted by molar-refractivity contribution is -0.134. The van der Waals surface area contributed by atoms with Gasteiger partial charge in [-0.15, -0.1) is 0 Å². The van der Waals surface area contributed by atoms with Gasteiger partial charge in [0.15, 0.2) is 6.61 Å². The van der Waals surface area contributed by atoms with Gasteiger partial charge < -0.3 is 20.5 Å². The molecular formula is C14H20N2O3. The summed E-state index contributed by atoms with van der Waals surface area (Å²) in [6.45, 7) is 1.60. The number of nitrogens with zero attached hydrogens (tertiary/aromatic N) is 1. The third kappa shape index (κ3) is 3.61. The molecule has 1 saturated heterocycles.